The fourth-order valence-electron chi connectivity index (χ4n) is 3.40. The fraction of sp³-hybridized carbons (Fsp3) is 0.333. The lowest BCUT2D eigenvalue weighted by atomic mass is 10.2. The maximum atomic E-state index is 6.12. The second kappa shape index (κ2) is 10.1. The monoisotopic (exact) mass is 402 g/mol. The molecule has 0 spiro atoms. The van der Waals surface area contributed by atoms with Gasteiger partial charge in [-0.1, -0.05) is 24.1 Å². The predicted molar refractivity (Wildman–Crippen MR) is 119 cm³/mol. The Hall–Kier alpha value is -3.14. The van der Waals surface area contributed by atoms with E-state index in [4.69, 9.17) is 9.47 Å². The molecule has 3 atom stereocenters. The first kappa shape index (κ1) is 20.1. The van der Waals surface area contributed by atoms with E-state index in [1.54, 1.807) is 7.11 Å². The number of hydrogen-bond acceptors (Lipinski definition) is 6. The molecule has 0 bridgehead atoms. The van der Waals surface area contributed by atoms with Crippen LogP contribution in [0.25, 0.3) is 0 Å². The molecule has 4 rings (SSSR count). The number of aliphatic imine (C=N–C) groups is 2. The largest absolute Gasteiger partial charge is 0.497 e. The molecule has 1 saturated heterocycles. The first-order valence-electron chi connectivity index (χ1n) is 10.3. The van der Waals surface area contributed by atoms with Gasteiger partial charge in [0.2, 0.25) is 12.1 Å². The van der Waals surface area contributed by atoms with Crippen LogP contribution in [0.5, 0.6) is 11.5 Å². The second-order valence-corrected chi connectivity index (χ2v) is 7.23. The molecule has 0 saturated carbocycles. The quantitative estimate of drug-likeness (QED) is 0.755. The van der Waals surface area contributed by atoms with Crippen molar-refractivity contribution >= 4 is 12.1 Å². The van der Waals surface area contributed by atoms with Gasteiger partial charge in [0, 0.05) is 24.4 Å². The summed E-state index contributed by atoms with van der Waals surface area (Å²) in [7, 11) is 1.64. The Morgan fingerprint density at radius 1 is 1.10 bits per heavy atom. The van der Waals surface area contributed by atoms with Crippen molar-refractivity contribution < 1.29 is 9.47 Å². The van der Waals surface area contributed by atoms with Gasteiger partial charge < -0.3 is 14.8 Å². The summed E-state index contributed by atoms with van der Waals surface area (Å²) in [4.78, 5) is 9.19. The van der Waals surface area contributed by atoms with Crippen molar-refractivity contribution in [2.75, 3.05) is 20.2 Å². The number of nitrogens with zero attached hydrogens (tertiary/aromatic N) is 2. The number of benzene rings is 2. The second-order valence-electron chi connectivity index (χ2n) is 7.23. The molecule has 30 heavy (non-hydrogen) atoms. The van der Waals surface area contributed by atoms with Crippen LogP contribution in [0, 0.1) is 11.8 Å². The Labute approximate surface area is 177 Å². The van der Waals surface area contributed by atoms with Crippen molar-refractivity contribution in [3.63, 3.8) is 0 Å². The van der Waals surface area contributed by atoms with Gasteiger partial charge in [-0.3, -0.25) is 10.3 Å². The zero-order chi connectivity index (χ0) is 20.6. The van der Waals surface area contributed by atoms with Crippen LogP contribution in [-0.2, 0) is 0 Å². The molecule has 2 aromatic carbocycles. The van der Waals surface area contributed by atoms with Crippen LogP contribution < -0.4 is 20.1 Å². The van der Waals surface area contributed by atoms with Gasteiger partial charge in [-0.15, -0.1) is 0 Å². The summed E-state index contributed by atoms with van der Waals surface area (Å²) in [6.45, 7) is 1.91. The van der Waals surface area contributed by atoms with E-state index in [-0.39, 0.29) is 6.04 Å². The van der Waals surface area contributed by atoms with Crippen LogP contribution in [0.2, 0.25) is 0 Å². The van der Waals surface area contributed by atoms with Crippen molar-refractivity contribution in [3.05, 3.63) is 60.2 Å². The Kier molecular flexibility index (Phi) is 6.75. The van der Waals surface area contributed by atoms with E-state index >= 15 is 0 Å². The summed E-state index contributed by atoms with van der Waals surface area (Å²) in [5, 5.41) is 7.01. The summed E-state index contributed by atoms with van der Waals surface area (Å²) in [5.41, 5.74) is 0.938. The van der Waals surface area contributed by atoms with Crippen molar-refractivity contribution in [2.45, 2.75) is 31.1 Å². The highest BCUT2D eigenvalue weighted by molar-refractivity contribution is 6.00. The van der Waals surface area contributed by atoms with Crippen LogP contribution >= 0.6 is 0 Å². The SMILES string of the molecule is COc1ccc(OC2=NC(C#Cc3ccccc3)N=CC2NCC2CCCN2)cc1. The molecular weight excluding hydrogens is 376 g/mol. The topological polar surface area (TPSA) is 67.2 Å². The Bertz CT molecular complexity index is 939. The molecular formula is C24H26N4O2. The lowest BCUT2D eigenvalue weighted by Crippen LogP contribution is -2.47. The van der Waals surface area contributed by atoms with Crippen LogP contribution in [0.4, 0.5) is 0 Å². The first-order valence-corrected chi connectivity index (χ1v) is 10.3. The zero-order valence-corrected chi connectivity index (χ0v) is 17.0. The zero-order valence-electron chi connectivity index (χ0n) is 17.0. The van der Waals surface area contributed by atoms with E-state index in [9.17, 15) is 0 Å². The molecule has 6 heteroatoms. The molecule has 2 N–H and O–H groups in total. The predicted octanol–water partition coefficient (Wildman–Crippen LogP) is 2.64. The van der Waals surface area contributed by atoms with Gasteiger partial charge >= 0.3 is 0 Å². The van der Waals surface area contributed by atoms with Gasteiger partial charge in [0.05, 0.1) is 7.11 Å². The minimum atomic E-state index is -0.485. The van der Waals surface area contributed by atoms with Crippen LogP contribution in [0.1, 0.15) is 18.4 Å². The molecule has 2 aromatic rings. The van der Waals surface area contributed by atoms with Gasteiger partial charge in [-0.2, -0.15) is 0 Å². The molecule has 0 radical (unpaired) electrons. The Morgan fingerprint density at radius 2 is 1.90 bits per heavy atom. The molecule has 1 fully saturated rings. The lowest BCUT2D eigenvalue weighted by molar-refractivity contribution is 0.413. The fourth-order valence-corrected chi connectivity index (χ4v) is 3.40. The van der Waals surface area contributed by atoms with Gasteiger partial charge in [-0.05, 0) is 61.7 Å². The number of nitrogens with one attached hydrogen (secondary N) is 2. The van der Waals surface area contributed by atoms with E-state index in [2.05, 4.69) is 32.5 Å². The molecule has 0 amide bonds. The van der Waals surface area contributed by atoms with Crippen molar-refractivity contribution in [1.82, 2.24) is 10.6 Å². The third kappa shape index (κ3) is 5.47. The number of rotatable bonds is 5. The molecule has 154 valence electrons. The first-order chi connectivity index (χ1) is 14.8. The summed E-state index contributed by atoms with van der Waals surface area (Å²) >= 11 is 0. The summed E-state index contributed by atoms with van der Waals surface area (Å²) in [6, 6.07) is 17.6. The van der Waals surface area contributed by atoms with E-state index < -0.39 is 6.17 Å². The average Bonchev–Trinajstić information content (AvgIpc) is 3.32. The summed E-state index contributed by atoms with van der Waals surface area (Å²) in [5.74, 6) is 8.30. The molecule has 0 aliphatic carbocycles. The van der Waals surface area contributed by atoms with E-state index in [0.717, 1.165) is 24.4 Å². The van der Waals surface area contributed by atoms with Crippen molar-refractivity contribution in [2.24, 2.45) is 9.98 Å². The molecule has 0 aromatic heterocycles. The number of hydrogen-bond donors (Lipinski definition) is 2. The standard InChI is InChI=1S/C24H26N4O2/c1-29-20-10-12-21(13-11-20)30-24-22(26-16-19-8-5-15-25-19)17-27-23(28-24)14-9-18-6-3-2-4-7-18/h2-4,6-7,10-13,17,19,22-23,25-26H,5,8,15-16H2,1H3. The van der Waals surface area contributed by atoms with Gasteiger partial charge in [-0.25, -0.2) is 4.99 Å². The van der Waals surface area contributed by atoms with Crippen molar-refractivity contribution in [1.29, 1.82) is 0 Å². The number of ether oxygens (including phenoxy) is 2. The Morgan fingerprint density at radius 3 is 2.63 bits per heavy atom. The van der Waals surface area contributed by atoms with Crippen molar-refractivity contribution in [3.8, 4) is 23.3 Å². The Balaban J connectivity index is 1.49. The minimum absolute atomic E-state index is 0.190. The van der Waals surface area contributed by atoms with Crippen LogP contribution in [0.3, 0.4) is 0 Å². The van der Waals surface area contributed by atoms with Gasteiger partial charge in [0.1, 0.15) is 17.5 Å². The van der Waals surface area contributed by atoms with Crippen LogP contribution in [-0.4, -0.2) is 50.6 Å². The average molecular weight is 402 g/mol. The maximum absolute atomic E-state index is 6.12. The summed E-state index contributed by atoms with van der Waals surface area (Å²) < 4.78 is 11.3. The van der Waals surface area contributed by atoms with E-state index in [0.29, 0.717) is 17.7 Å². The highest BCUT2D eigenvalue weighted by atomic mass is 16.5. The van der Waals surface area contributed by atoms with Crippen LogP contribution in [0.15, 0.2) is 64.6 Å². The third-order valence-corrected chi connectivity index (χ3v) is 5.04. The number of methoxy groups -OCH3 is 1. The normalized spacial score (nSPS) is 22.7. The molecule has 2 heterocycles. The molecule has 2 aliphatic heterocycles. The highest BCUT2D eigenvalue weighted by Gasteiger charge is 2.24. The third-order valence-electron chi connectivity index (χ3n) is 5.04. The maximum Gasteiger partial charge on any atom is 0.215 e. The van der Waals surface area contributed by atoms with Gasteiger partial charge in [0.25, 0.3) is 0 Å². The summed E-state index contributed by atoms with van der Waals surface area (Å²) in [6.07, 6.45) is 3.76. The highest BCUT2D eigenvalue weighted by Crippen LogP contribution is 2.19. The molecule has 6 nitrogen and oxygen atoms in total. The van der Waals surface area contributed by atoms with E-state index in [1.807, 2.05) is 60.8 Å². The van der Waals surface area contributed by atoms with E-state index in [1.165, 1.54) is 12.8 Å². The molecule has 2 aliphatic rings. The molecule has 3 unspecified atom stereocenters. The smallest absolute Gasteiger partial charge is 0.215 e. The minimum Gasteiger partial charge on any atom is -0.497 e. The van der Waals surface area contributed by atoms with Gasteiger partial charge in [0.15, 0.2) is 0 Å². The lowest BCUT2D eigenvalue weighted by Gasteiger charge is -2.23.